The number of sulfone groups is 1. The smallest absolute Gasteiger partial charge is 0.384 e. The quantitative estimate of drug-likeness (QED) is 0.0247. The van der Waals surface area contributed by atoms with E-state index in [1.54, 1.807) is 29.2 Å². The molecule has 0 aromatic heterocycles. The average molecular weight is 1310 g/mol. The number of piperazine rings is 2. The summed E-state index contributed by atoms with van der Waals surface area (Å²) < 4.78 is 99.8. The standard InChI is InChI=1S/C66H82F3N9O10S3/c1-5-6-14-45(2)53-42-65(3,4)30-28-47(53)43-75-35-37-76(38-36-75)49-22-20-46(21-23-49)61(81)73-91(87,88)51-24-25-54(57(41-51)90(85,86)66(67,68)69)71-48(44-89-50-15-9-7-10-16-50)29-32-74-33-39-77(40-34-74)59(80)19-11-8-12-31-70-55-18-13-17-52-60(55)64(84)78(63(52)83)56-26-27-58(79)72-62(56)82/h7,9-10,13,15-18,20-25,41,48,56,70-71H,2,5-6,8,11-12,14,19,26-40,42-44H2,1,3-4H3,(H,73,81)(H,72,79,82)/t48-,56?/m1/s1. The van der Waals surface area contributed by atoms with Gasteiger partial charge in [0.05, 0.1) is 21.7 Å². The number of alkyl halides is 3. The van der Waals surface area contributed by atoms with Crippen LogP contribution in [0.3, 0.4) is 0 Å². The van der Waals surface area contributed by atoms with E-state index in [0.29, 0.717) is 83.1 Å². The molecule has 1 unspecified atom stereocenters. The van der Waals surface area contributed by atoms with Crippen molar-refractivity contribution >= 4 is 84.1 Å². The zero-order valence-electron chi connectivity index (χ0n) is 51.9. The topological polar surface area (TPSA) is 235 Å². The number of unbranched alkanes of at least 4 members (excludes halogenated alkanes) is 3. The third-order valence-corrected chi connectivity index (χ3v) is 21.8. The van der Waals surface area contributed by atoms with Crippen LogP contribution in [0.1, 0.15) is 135 Å². The number of imide groups is 2. The van der Waals surface area contributed by atoms with Gasteiger partial charge in [0.2, 0.25) is 17.7 Å². The molecule has 0 bridgehead atoms. The van der Waals surface area contributed by atoms with Crippen molar-refractivity contribution in [3.05, 3.63) is 131 Å². The summed E-state index contributed by atoms with van der Waals surface area (Å²) in [4.78, 5) is 85.9. The number of nitrogens with zero attached hydrogens (tertiary/aromatic N) is 5. The molecule has 91 heavy (non-hydrogen) atoms. The first-order chi connectivity index (χ1) is 43.3. The first kappa shape index (κ1) is 68.3. The number of benzene rings is 4. The number of hydrogen-bond donors (Lipinski definition) is 4. The Hall–Kier alpha value is -7.06. The largest absolute Gasteiger partial charge is 0.501 e. The van der Waals surface area contributed by atoms with Gasteiger partial charge >= 0.3 is 5.51 Å². The van der Waals surface area contributed by atoms with Gasteiger partial charge in [0, 0.05) is 118 Å². The molecule has 0 spiro atoms. The van der Waals surface area contributed by atoms with Gasteiger partial charge in [-0.05, 0) is 136 Å². The van der Waals surface area contributed by atoms with Gasteiger partial charge in [-0.3, -0.25) is 48.8 Å². The van der Waals surface area contributed by atoms with E-state index in [0.717, 1.165) is 98.9 Å². The minimum Gasteiger partial charge on any atom is -0.384 e. The maximum Gasteiger partial charge on any atom is 0.501 e. The van der Waals surface area contributed by atoms with E-state index in [1.165, 1.54) is 46.7 Å². The summed E-state index contributed by atoms with van der Waals surface area (Å²) >= 11 is 1.40. The van der Waals surface area contributed by atoms with E-state index >= 15 is 0 Å². The molecule has 1 aliphatic carbocycles. The molecule has 9 rings (SSSR count). The van der Waals surface area contributed by atoms with Crippen LogP contribution in [0, 0.1) is 5.41 Å². The summed E-state index contributed by atoms with van der Waals surface area (Å²) in [5, 5.41) is 8.43. The Kier molecular flexibility index (Phi) is 22.3. The average Bonchev–Trinajstić information content (AvgIpc) is 1.74. The summed E-state index contributed by atoms with van der Waals surface area (Å²) in [6.45, 7) is 18.1. The molecule has 4 aromatic rings. The fourth-order valence-electron chi connectivity index (χ4n) is 12.4. The summed E-state index contributed by atoms with van der Waals surface area (Å²) in [5.41, 5.74) is -0.269. The van der Waals surface area contributed by atoms with Crippen LogP contribution < -0.4 is 25.6 Å². The lowest BCUT2D eigenvalue weighted by Crippen LogP contribution is -2.54. The Labute approximate surface area is 535 Å². The van der Waals surface area contributed by atoms with Crippen molar-refractivity contribution in [1.29, 1.82) is 0 Å². The van der Waals surface area contributed by atoms with Gasteiger partial charge < -0.3 is 20.4 Å². The lowest BCUT2D eigenvalue weighted by atomic mass is 9.72. The van der Waals surface area contributed by atoms with E-state index in [2.05, 4.69) is 58.0 Å². The van der Waals surface area contributed by atoms with Crippen LogP contribution in [0.2, 0.25) is 0 Å². The SMILES string of the molecule is C=C(CCCC)C1=C(CN2CCN(c3ccc(C(=O)NS(=O)(=O)c4ccc(N[C@H](CCN5CCN(C(=O)CCCCCNc6cccc7c6C(=O)N(C6CCC(=O)NC6=O)C7=O)CC5)CSc5ccccc5)c(S(=O)(=O)C(F)(F)F)c4)cc3)CC2)CCC(C)(C)C1. The van der Waals surface area contributed by atoms with Crippen LogP contribution in [-0.4, -0.2) is 167 Å². The molecule has 0 saturated carbocycles. The third-order valence-electron chi connectivity index (χ3n) is 17.7. The highest BCUT2D eigenvalue weighted by Gasteiger charge is 2.49. The molecule has 3 saturated heterocycles. The predicted octanol–water partition coefficient (Wildman–Crippen LogP) is 9.65. The van der Waals surface area contributed by atoms with Gasteiger partial charge in [0.15, 0.2) is 0 Å². The molecule has 19 nitrogen and oxygen atoms in total. The molecular weight excluding hydrogens is 1230 g/mol. The molecular formula is C66H82F3N9O10S3. The Morgan fingerprint density at radius 3 is 2.20 bits per heavy atom. The van der Waals surface area contributed by atoms with Gasteiger partial charge in [-0.15, -0.1) is 11.8 Å². The number of piperidine rings is 1. The highest BCUT2D eigenvalue weighted by molar-refractivity contribution is 7.99. The van der Waals surface area contributed by atoms with Crippen molar-refractivity contribution < 1.29 is 58.8 Å². The van der Waals surface area contributed by atoms with Crippen LogP contribution in [0.5, 0.6) is 0 Å². The lowest BCUT2D eigenvalue weighted by molar-refractivity contribution is -0.136. The number of allylic oxidation sites excluding steroid dienone is 2. The molecule has 5 aliphatic rings. The second kappa shape index (κ2) is 29.7. The number of rotatable bonds is 27. The summed E-state index contributed by atoms with van der Waals surface area (Å²) in [7, 11) is -11.1. The van der Waals surface area contributed by atoms with E-state index in [4.69, 9.17) is 0 Å². The van der Waals surface area contributed by atoms with Gasteiger partial charge in [-0.2, -0.15) is 13.2 Å². The first-order valence-electron chi connectivity index (χ1n) is 31.3. The Bertz CT molecular complexity index is 3630. The molecule has 4 aromatic carbocycles. The highest BCUT2D eigenvalue weighted by atomic mass is 32.2. The number of halogens is 3. The number of anilines is 3. The second-order valence-electron chi connectivity index (χ2n) is 24.9. The van der Waals surface area contributed by atoms with Gasteiger partial charge in [0.1, 0.15) is 10.9 Å². The monoisotopic (exact) mass is 1310 g/mol. The fourth-order valence-corrected chi connectivity index (χ4v) is 15.4. The number of nitrogens with one attached hydrogen (secondary N) is 4. The first-order valence-corrected chi connectivity index (χ1v) is 35.3. The Balaban J connectivity index is 0.768. The molecule has 6 amide bonds. The second-order valence-corrected chi connectivity index (χ2v) is 29.6. The van der Waals surface area contributed by atoms with Gasteiger partial charge in [0.25, 0.3) is 37.6 Å². The number of hydrogen-bond acceptors (Lipinski definition) is 16. The molecule has 490 valence electrons. The van der Waals surface area contributed by atoms with E-state index in [-0.39, 0.29) is 46.6 Å². The van der Waals surface area contributed by atoms with Crippen LogP contribution >= 0.6 is 11.8 Å². The zero-order chi connectivity index (χ0) is 65.3. The van der Waals surface area contributed by atoms with Crippen LogP contribution in [0.25, 0.3) is 0 Å². The van der Waals surface area contributed by atoms with Crippen LogP contribution in [0.15, 0.2) is 129 Å². The lowest BCUT2D eigenvalue weighted by Gasteiger charge is -2.39. The molecule has 4 heterocycles. The summed E-state index contributed by atoms with van der Waals surface area (Å²) in [6, 6.07) is 21.1. The number of carbonyl (C=O) groups excluding carboxylic acids is 6. The normalized spacial score (nSPS) is 18.9. The van der Waals surface area contributed by atoms with E-state index in [9.17, 15) is 58.8 Å². The molecule has 2 atom stereocenters. The summed E-state index contributed by atoms with van der Waals surface area (Å²) in [5.74, 6) is -3.15. The molecule has 4 aliphatic heterocycles. The number of amides is 6. The number of fused-ring (bicyclic) bond motifs is 1. The molecule has 0 radical (unpaired) electrons. The van der Waals surface area contributed by atoms with Crippen molar-refractivity contribution in [2.45, 2.75) is 137 Å². The van der Waals surface area contributed by atoms with Crippen LogP contribution in [0.4, 0.5) is 30.2 Å². The van der Waals surface area contributed by atoms with E-state index < -0.39 is 82.5 Å². The molecule has 3 fully saturated rings. The summed E-state index contributed by atoms with van der Waals surface area (Å²) in [6.07, 6.45) is 9.09. The Morgan fingerprint density at radius 1 is 0.791 bits per heavy atom. The van der Waals surface area contributed by atoms with Crippen molar-refractivity contribution in [1.82, 2.24) is 29.6 Å². The molecule has 25 heteroatoms. The highest BCUT2D eigenvalue weighted by Crippen LogP contribution is 2.43. The maximum atomic E-state index is 14.5. The predicted molar refractivity (Wildman–Crippen MR) is 345 cm³/mol. The maximum absolute atomic E-state index is 14.5. The van der Waals surface area contributed by atoms with E-state index in [1.807, 2.05) is 35.1 Å². The van der Waals surface area contributed by atoms with Crippen molar-refractivity contribution in [2.75, 3.05) is 93.3 Å². The van der Waals surface area contributed by atoms with Crippen molar-refractivity contribution in [3.63, 3.8) is 0 Å². The Morgan fingerprint density at radius 2 is 1.51 bits per heavy atom. The van der Waals surface area contributed by atoms with Crippen molar-refractivity contribution in [2.24, 2.45) is 5.41 Å². The zero-order valence-corrected chi connectivity index (χ0v) is 54.3. The van der Waals surface area contributed by atoms with Crippen LogP contribution in [-0.2, 0) is 34.2 Å². The number of carbonyl (C=O) groups is 6. The third kappa shape index (κ3) is 17.0. The fraction of sp³-hybridized carbons (Fsp3) is 0.485. The molecule has 4 N–H and O–H groups in total. The minimum absolute atomic E-state index is 0.0137. The van der Waals surface area contributed by atoms with Crippen molar-refractivity contribution in [3.8, 4) is 0 Å². The minimum atomic E-state index is -6.16. The van der Waals surface area contributed by atoms with Gasteiger partial charge in [-0.1, -0.05) is 75.6 Å². The van der Waals surface area contributed by atoms with Gasteiger partial charge in [-0.25, -0.2) is 21.6 Å². The number of sulfonamides is 1. The number of thioether (sulfide) groups is 1.